The number of rotatable bonds is 2. The van der Waals surface area contributed by atoms with Crippen molar-refractivity contribution in [3.63, 3.8) is 0 Å². The molecule has 0 radical (unpaired) electrons. The third kappa shape index (κ3) is 1.55. The highest BCUT2D eigenvalue weighted by molar-refractivity contribution is 5.26. The molecule has 0 aliphatic carbocycles. The molecule has 0 aromatic carbocycles. The second-order valence-corrected chi connectivity index (χ2v) is 4.04. The molecule has 1 aliphatic rings. The zero-order valence-corrected chi connectivity index (χ0v) is 8.62. The molecule has 78 valence electrons. The van der Waals surface area contributed by atoms with Crippen molar-refractivity contribution in [1.82, 2.24) is 5.16 Å². The van der Waals surface area contributed by atoms with Gasteiger partial charge in [0.05, 0.1) is 24.9 Å². The van der Waals surface area contributed by atoms with E-state index in [1.54, 1.807) is 0 Å². The third-order valence-electron chi connectivity index (χ3n) is 2.65. The van der Waals surface area contributed by atoms with Crippen LogP contribution >= 0.6 is 0 Å². The molecule has 0 spiro atoms. The number of hydrogen-bond acceptors (Lipinski definition) is 4. The van der Waals surface area contributed by atoms with Crippen molar-refractivity contribution in [2.45, 2.75) is 32.9 Å². The van der Waals surface area contributed by atoms with Gasteiger partial charge in [0.2, 0.25) is 0 Å². The highest BCUT2D eigenvalue weighted by Crippen LogP contribution is 2.27. The summed E-state index contributed by atoms with van der Waals surface area (Å²) in [7, 11) is 0. The van der Waals surface area contributed by atoms with Gasteiger partial charge in [0.25, 0.3) is 0 Å². The Morgan fingerprint density at radius 2 is 2.21 bits per heavy atom. The summed E-state index contributed by atoms with van der Waals surface area (Å²) in [5.41, 5.74) is 8.10. The summed E-state index contributed by atoms with van der Waals surface area (Å²) >= 11 is 0. The summed E-state index contributed by atoms with van der Waals surface area (Å²) in [6.07, 6.45) is 0.837. The molecule has 0 fully saturated rings. The maximum absolute atomic E-state index is 6.02. The van der Waals surface area contributed by atoms with Crippen LogP contribution < -0.4 is 5.73 Å². The first kappa shape index (κ1) is 9.68. The molecule has 0 unspecified atom stereocenters. The lowest BCUT2D eigenvalue weighted by Gasteiger charge is -2.16. The monoisotopic (exact) mass is 196 g/mol. The quantitative estimate of drug-likeness (QED) is 0.776. The molecule has 4 nitrogen and oxygen atoms in total. The second-order valence-electron chi connectivity index (χ2n) is 4.04. The zero-order chi connectivity index (χ0) is 10.1. The van der Waals surface area contributed by atoms with E-state index < -0.39 is 0 Å². The van der Waals surface area contributed by atoms with Gasteiger partial charge in [-0.05, 0) is 5.92 Å². The first-order valence-corrected chi connectivity index (χ1v) is 5.00. The number of hydrogen-bond donors (Lipinski definition) is 1. The van der Waals surface area contributed by atoms with Crippen molar-refractivity contribution in [3.8, 4) is 0 Å². The van der Waals surface area contributed by atoms with Gasteiger partial charge < -0.3 is 15.0 Å². The van der Waals surface area contributed by atoms with Gasteiger partial charge in [0.15, 0.2) is 5.76 Å². The van der Waals surface area contributed by atoms with Crippen molar-refractivity contribution in [2.24, 2.45) is 11.7 Å². The van der Waals surface area contributed by atoms with Gasteiger partial charge >= 0.3 is 0 Å². The van der Waals surface area contributed by atoms with Crippen molar-refractivity contribution >= 4 is 0 Å². The van der Waals surface area contributed by atoms with Crippen LogP contribution in [0.15, 0.2) is 4.52 Å². The lowest BCUT2D eigenvalue weighted by atomic mass is 9.98. The summed E-state index contributed by atoms with van der Waals surface area (Å²) in [5.74, 6) is 1.16. The smallest absolute Gasteiger partial charge is 0.159 e. The molecule has 1 aliphatic heterocycles. The van der Waals surface area contributed by atoms with Crippen molar-refractivity contribution in [1.29, 1.82) is 0 Å². The van der Waals surface area contributed by atoms with E-state index in [-0.39, 0.29) is 6.04 Å². The second kappa shape index (κ2) is 3.71. The molecule has 2 N–H and O–H groups in total. The average Bonchev–Trinajstić information content (AvgIpc) is 2.60. The predicted octanol–water partition coefficient (Wildman–Crippen LogP) is 1.40. The molecule has 0 amide bonds. The minimum Gasteiger partial charge on any atom is -0.376 e. The Morgan fingerprint density at radius 1 is 1.43 bits per heavy atom. The van der Waals surface area contributed by atoms with E-state index >= 15 is 0 Å². The SMILES string of the molecule is CC(C)[C@H](N)c1onc2c1COCC2. The number of aromatic nitrogens is 1. The van der Waals surface area contributed by atoms with Crippen molar-refractivity contribution < 1.29 is 9.26 Å². The fourth-order valence-corrected chi connectivity index (χ4v) is 1.62. The molecule has 1 aromatic heterocycles. The summed E-state index contributed by atoms with van der Waals surface area (Å²) in [5, 5.41) is 4.03. The van der Waals surface area contributed by atoms with Gasteiger partial charge in [0.1, 0.15) is 0 Å². The van der Waals surface area contributed by atoms with Crippen LogP contribution in [0, 0.1) is 5.92 Å². The van der Waals surface area contributed by atoms with E-state index in [0.29, 0.717) is 12.5 Å². The van der Waals surface area contributed by atoms with E-state index in [1.807, 2.05) is 0 Å². The van der Waals surface area contributed by atoms with E-state index in [1.165, 1.54) is 0 Å². The molecule has 14 heavy (non-hydrogen) atoms. The standard InChI is InChI=1S/C10H16N2O2/c1-6(2)9(11)10-7-5-13-4-3-8(7)12-14-10/h6,9H,3-5,11H2,1-2H3/t9-/m0/s1. The van der Waals surface area contributed by atoms with Crippen LogP contribution in [0.25, 0.3) is 0 Å². The van der Waals surface area contributed by atoms with Crippen LogP contribution in [-0.4, -0.2) is 11.8 Å². The van der Waals surface area contributed by atoms with Gasteiger partial charge in [-0.1, -0.05) is 19.0 Å². The van der Waals surface area contributed by atoms with Gasteiger partial charge in [-0.2, -0.15) is 0 Å². The number of nitrogens with two attached hydrogens (primary N) is 1. The Morgan fingerprint density at radius 3 is 2.93 bits per heavy atom. The normalized spacial score (nSPS) is 18.3. The van der Waals surface area contributed by atoms with Gasteiger partial charge in [-0.15, -0.1) is 0 Å². The Balaban J connectivity index is 2.30. The maximum atomic E-state index is 6.02. The average molecular weight is 196 g/mol. The number of fused-ring (bicyclic) bond motifs is 1. The molecular weight excluding hydrogens is 180 g/mol. The van der Waals surface area contributed by atoms with Crippen LogP contribution in [-0.2, 0) is 17.8 Å². The van der Waals surface area contributed by atoms with Crippen LogP contribution in [0.2, 0.25) is 0 Å². The molecular formula is C10H16N2O2. The lowest BCUT2D eigenvalue weighted by molar-refractivity contribution is 0.109. The Hall–Kier alpha value is -0.870. The van der Waals surface area contributed by atoms with Crippen LogP contribution in [0.1, 0.15) is 36.9 Å². The maximum Gasteiger partial charge on any atom is 0.159 e. The first-order chi connectivity index (χ1) is 6.70. The Labute approximate surface area is 83.4 Å². The van der Waals surface area contributed by atoms with Crippen LogP contribution in [0.3, 0.4) is 0 Å². The van der Waals surface area contributed by atoms with Gasteiger partial charge in [0, 0.05) is 12.0 Å². The largest absolute Gasteiger partial charge is 0.376 e. The van der Waals surface area contributed by atoms with E-state index in [2.05, 4.69) is 19.0 Å². The highest BCUT2D eigenvalue weighted by Gasteiger charge is 2.25. The summed E-state index contributed by atoms with van der Waals surface area (Å²) in [6, 6.07) is -0.0760. The lowest BCUT2D eigenvalue weighted by Crippen LogP contribution is -2.19. The number of nitrogens with zero attached hydrogens (tertiary/aromatic N) is 1. The van der Waals surface area contributed by atoms with E-state index in [0.717, 1.165) is 30.0 Å². The van der Waals surface area contributed by atoms with E-state index in [4.69, 9.17) is 15.0 Å². The summed E-state index contributed by atoms with van der Waals surface area (Å²) in [4.78, 5) is 0. The van der Waals surface area contributed by atoms with Crippen LogP contribution in [0.4, 0.5) is 0 Å². The third-order valence-corrected chi connectivity index (χ3v) is 2.65. The van der Waals surface area contributed by atoms with Crippen molar-refractivity contribution in [2.75, 3.05) is 6.61 Å². The first-order valence-electron chi connectivity index (χ1n) is 5.00. The molecule has 1 aromatic rings. The number of ether oxygens (including phenoxy) is 1. The topological polar surface area (TPSA) is 61.3 Å². The summed E-state index contributed by atoms with van der Waals surface area (Å²) in [6.45, 7) is 5.47. The Bertz CT molecular complexity index is 320. The fraction of sp³-hybridized carbons (Fsp3) is 0.700. The van der Waals surface area contributed by atoms with Crippen LogP contribution in [0.5, 0.6) is 0 Å². The predicted molar refractivity (Wildman–Crippen MR) is 51.6 cm³/mol. The minimum absolute atomic E-state index is 0.0760. The summed E-state index contributed by atoms with van der Waals surface area (Å²) < 4.78 is 10.7. The highest BCUT2D eigenvalue weighted by atomic mass is 16.5. The van der Waals surface area contributed by atoms with Gasteiger partial charge in [-0.3, -0.25) is 0 Å². The molecule has 0 bridgehead atoms. The van der Waals surface area contributed by atoms with Gasteiger partial charge in [-0.25, -0.2) is 0 Å². The zero-order valence-electron chi connectivity index (χ0n) is 8.62. The molecule has 2 rings (SSSR count). The minimum atomic E-state index is -0.0760. The van der Waals surface area contributed by atoms with E-state index in [9.17, 15) is 0 Å². The molecule has 2 heterocycles. The molecule has 0 saturated heterocycles. The molecule has 4 heteroatoms. The van der Waals surface area contributed by atoms with Crippen molar-refractivity contribution in [3.05, 3.63) is 17.0 Å². The fourth-order valence-electron chi connectivity index (χ4n) is 1.62. The Kier molecular flexibility index (Phi) is 2.56. The molecule has 1 atom stereocenters. The molecule has 0 saturated carbocycles.